The van der Waals surface area contributed by atoms with Gasteiger partial charge < -0.3 is 0 Å². The zero-order valence-corrected chi connectivity index (χ0v) is 14.9. The van der Waals surface area contributed by atoms with Crippen molar-refractivity contribution < 1.29 is 0 Å². The molecule has 6 atom stereocenters. The van der Waals surface area contributed by atoms with Crippen LogP contribution in [-0.4, -0.2) is 0 Å². The maximum absolute atomic E-state index is 2.47. The summed E-state index contributed by atoms with van der Waals surface area (Å²) in [7, 11) is 0. The Morgan fingerprint density at radius 2 is 1.04 bits per heavy atom. The summed E-state index contributed by atoms with van der Waals surface area (Å²) in [5.41, 5.74) is 0. The van der Waals surface area contributed by atoms with Crippen molar-refractivity contribution in [2.45, 2.75) is 51.4 Å². The third-order valence-corrected chi connectivity index (χ3v) is 7.00. The maximum Gasteiger partial charge on any atom is -0.0139 e. The molecule has 4 aliphatic carbocycles. The largest absolute Gasteiger partial charge is 0.0885 e. The summed E-state index contributed by atoms with van der Waals surface area (Å²) in [4.78, 5) is 0. The average Bonchev–Trinajstić information content (AvgIpc) is 3.22. The lowest BCUT2D eigenvalue weighted by Crippen LogP contribution is -2.12. The highest BCUT2D eigenvalue weighted by atomic mass is 14.4. The normalized spacial score (nSPS) is 39.7. The molecule has 0 saturated heterocycles. The zero-order chi connectivity index (χ0) is 16.2. The highest BCUT2D eigenvalue weighted by Crippen LogP contribution is 2.43. The first-order chi connectivity index (χ1) is 11.9. The van der Waals surface area contributed by atoms with Crippen LogP contribution in [0.3, 0.4) is 0 Å². The van der Waals surface area contributed by atoms with Crippen LogP contribution in [-0.2, 0) is 0 Å². The van der Waals surface area contributed by atoms with Crippen LogP contribution in [0.5, 0.6) is 0 Å². The minimum Gasteiger partial charge on any atom is -0.0885 e. The smallest absolute Gasteiger partial charge is 0.0139 e. The van der Waals surface area contributed by atoms with E-state index in [0.29, 0.717) is 0 Å². The van der Waals surface area contributed by atoms with Crippen LogP contribution in [0.15, 0.2) is 60.8 Å². The fraction of sp³-hybridized carbons (Fsp3) is 0.583. The van der Waals surface area contributed by atoms with Crippen LogP contribution in [0.1, 0.15) is 51.4 Å². The van der Waals surface area contributed by atoms with E-state index in [1.54, 1.807) is 0 Å². The van der Waals surface area contributed by atoms with Crippen molar-refractivity contribution in [1.82, 2.24) is 0 Å². The van der Waals surface area contributed by atoms with Gasteiger partial charge in [0.05, 0.1) is 0 Å². The molecule has 2 fully saturated rings. The van der Waals surface area contributed by atoms with Crippen LogP contribution >= 0.6 is 0 Å². The lowest BCUT2D eigenvalue weighted by molar-refractivity contribution is 0.393. The lowest BCUT2D eigenvalue weighted by atomic mass is 9.83. The fourth-order valence-electron chi connectivity index (χ4n) is 5.66. The van der Waals surface area contributed by atoms with E-state index in [-0.39, 0.29) is 0 Å². The minimum absolute atomic E-state index is 0.838. The van der Waals surface area contributed by atoms with E-state index < -0.39 is 0 Å². The molecule has 0 nitrogen and oxygen atoms in total. The first-order valence-corrected chi connectivity index (χ1v) is 10.3. The fourth-order valence-corrected chi connectivity index (χ4v) is 5.66. The van der Waals surface area contributed by atoms with E-state index in [9.17, 15) is 0 Å². The third-order valence-electron chi connectivity index (χ3n) is 7.00. The van der Waals surface area contributed by atoms with Crippen molar-refractivity contribution >= 4 is 0 Å². The maximum atomic E-state index is 2.47. The van der Waals surface area contributed by atoms with E-state index in [1.165, 1.54) is 51.4 Å². The Labute approximate surface area is 148 Å². The molecular formula is C24H32. The molecule has 0 heteroatoms. The molecule has 4 rings (SSSR count). The zero-order valence-electron chi connectivity index (χ0n) is 14.9. The second-order valence-electron chi connectivity index (χ2n) is 8.32. The summed E-state index contributed by atoms with van der Waals surface area (Å²) in [5.74, 6) is 5.22. The van der Waals surface area contributed by atoms with Crippen LogP contribution in [0.4, 0.5) is 0 Å². The van der Waals surface area contributed by atoms with Gasteiger partial charge in [-0.05, 0) is 86.9 Å². The van der Waals surface area contributed by atoms with Crippen LogP contribution in [0.25, 0.3) is 0 Å². The molecule has 0 radical (unpaired) electrons. The molecular weight excluding hydrogens is 288 g/mol. The Kier molecular flexibility index (Phi) is 5.21. The van der Waals surface area contributed by atoms with Crippen molar-refractivity contribution in [2.75, 3.05) is 0 Å². The minimum atomic E-state index is 0.838. The van der Waals surface area contributed by atoms with Gasteiger partial charge in [-0.3, -0.25) is 0 Å². The van der Waals surface area contributed by atoms with Crippen molar-refractivity contribution in [3.63, 3.8) is 0 Å². The summed E-state index contributed by atoms with van der Waals surface area (Å²) < 4.78 is 0. The van der Waals surface area contributed by atoms with Gasteiger partial charge in [0.25, 0.3) is 0 Å². The molecule has 0 spiro atoms. The summed E-state index contributed by atoms with van der Waals surface area (Å²) >= 11 is 0. The van der Waals surface area contributed by atoms with Crippen molar-refractivity contribution in [2.24, 2.45) is 35.5 Å². The Bertz CT molecular complexity index is 509. The predicted molar refractivity (Wildman–Crippen MR) is 104 cm³/mol. The lowest BCUT2D eigenvalue weighted by Gasteiger charge is -2.21. The molecule has 0 amide bonds. The predicted octanol–water partition coefficient (Wildman–Crippen LogP) is 6.64. The number of fused-ring (bicyclic) bond motifs is 2. The molecule has 4 aliphatic rings. The molecule has 6 unspecified atom stereocenters. The average molecular weight is 321 g/mol. The molecule has 0 heterocycles. The molecule has 24 heavy (non-hydrogen) atoms. The van der Waals surface area contributed by atoms with Gasteiger partial charge in [-0.15, -0.1) is 0 Å². The summed E-state index contributed by atoms with van der Waals surface area (Å²) in [6.07, 6.45) is 34.8. The van der Waals surface area contributed by atoms with Gasteiger partial charge in [0, 0.05) is 0 Å². The molecule has 0 aromatic heterocycles. The number of rotatable bonds is 6. The van der Waals surface area contributed by atoms with Gasteiger partial charge >= 0.3 is 0 Å². The van der Waals surface area contributed by atoms with Crippen molar-refractivity contribution in [1.29, 1.82) is 0 Å². The van der Waals surface area contributed by atoms with Gasteiger partial charge in [0.1, 0.15) is 0 Å². The first kappa shape index (κ1) is 16.2. The van der Waals surface area contributed by atoms with Gasteiger partial charge in [0.15, 0.2) is 0 Å². The van der Waals surface area contributed by atoms with E-state index in [1.807, 2.05) is 0 Å². The van der Waals surface area contributed by atoms with Crippen LogP contribution in [0, 0.1) is 35.5 Å². The summed E-state index contributed by atoms with van der Waals surface area (Å²) in [6.45, 7) is 0. The highest BCUT2D eigenvalue weighted by molar-refractivity contribution is 5.18. The van der Waals surface area contributed by atoms with Crippen LogP contribution < -0.4 is 0 Å². The molecule has 0 aromatic carbocycles. The monoisotopic (exact) mass is 320 g/mol. The van der Waals surface area contributed by atoms with Crippen molar-refractivity contribution in [3.05, 3.63) is 60.8 Å². The second kappa shape index (κ2) is 7.72. The Hall–Kier alpha value is -1.30. The SMILES string of the molecule is C1=CC2CCC(CC/C=C/CCC3CCC4C=CC=CC43)C2C=C1. The van der Waals surface area contributed by atoms with E-state index in [0.717, 1.165) is 35.5 Å². The molecule has 128 valence electrons. The molecule has 2 saturated carbocycles. The number of hydrogen-bond donors (Lipinski definition) is 0. The van der Waals surface area contributed by atoms with Gasteiger partial charge in [-0.1, -0.05) is 60.8 Å². The summed E-state index contributed by atoms with van der Waals surface area (Å²) in [5, 5.41) is 0. The van der Waals surface area contributed by atoms with Gasteiger partial charge in [-0.25, -0.2) is 0 Å². The standard InChI is InChI=1S/C24H32/c1(3-9-19-15-17-21-11-5-7-13-23(19)21)2-4-10-20-16-18-22-12-6-8-14-24(20)22/h1-2,5-8,11-14,19-24H,3-4,9-10,15-18H2/b2-1+. The highest BCUT2D eigenvalue weighted by Gasteiger charge is 2.33. The van der Waals surface area contributed by atoms with Crippen molar-refractivity contribution in [3.8, 4) is 0 Å². The Balaban J connectivity index is 1.15. The van der Waals surface area contributed by atoms with Crippen LogP contribution in [0.2, 0.25) is 0 Å². The van der Waals surface area contributed by atoms with Gasteiger partial charge in [-0.2, -0.15) is 0 Å². The summed E-state index contributed by atoms with van der Waals surface area (Å²) in [6, 6.07) is 0. The molecule has 0 N–H and O–H groups in total. The quantitative estimate of drug-likeness (QED) is 0.481. The molecule has 0 aliphatic heterocycles. The molecule has 0 bridgehead atoms. The number of hydrogen-bond acceptors (Lipinski definition) is 0. The Morgan fingerprint density at radius 3 is 1.54 bits per heavy atom. The van der Waals surface area contributed by atoms with E-state index in [2.05, 4.69) is 60.8 Å². The Morgan fingerprint density at radius 1 is 0.583 bits per heavy atom. The van der Waals surface area contributed by atoms with E-state index in [4.69, 9.17) is 0 Å². The second-order valence-corrected chi connectivity index (χ2v) is 8.32. The third kappa shape index (κ3) is 3.53. The number of allylic oxidation sites excluding steroid dienone is 10. The van der Waals surface area contributed by atoms with Gasteiger partial charge in [0.2, 0.25) is 0 Å². The first-order valence-electron chi connectivity index (χ1n) is 10.3. The van der Waals surface area contributed by atoms with E-state index >= 15 is 0 Å². The topological polar surface area (TPSA) is 0 Å². The molecule has 0 aromatic rings.